The molecule has 0 aliphatic rings. The molecule has 0 aliphatic carbocycles. The second kappa shape index (κ2) is 8.85. The molecule has 2 rings (SSSR count). The first-order valence-corrected chi connectivity index (χ1v) is 7.94. The number of hydrazone groups is 1. The quantitative estimate of drug-likeness (QED) is 0.482. The third-order valence-electron chi connectivity index (χ3n) is 2.94. The minimum absolute atomic E-state index is 0.169. The molecule has 2 aromatic rings. The van der Waals surface area contributed by atoms with Crippen molar-refractivity contribution >= 4 is 23.9 Å². The minimum atomic E-state index is -0.169. The lowest BCUT2D eigenvalue weighted by Crippen LogP contribution is -2.19. The summed E-state index contributed by atoms with van der Waals surface area (Å²) in [5.41, 5.74) is 3.23. The second-order valence-electron chi connectivity index (χ2n) is 4.48. The molecule has 1 N–H and O–H groups in total. The van der Waals surface area contributed by atoms with Crippen LogP contribution in [0.25, 0.3) is 0 Å². The number of hydrogen-bond donors (Lipinski definition) is 1. The molecule has 0 saturated heterocycles. The van der Waals surface area contributed by atoms with Crippen molar-refractivity contribution in [1.82, 2.24) is 5.43 Å². The summed E-state index contributed by atoms with van der Waals surface area (Å²) in [7, 11) is 3.13. The Morgan fingerprint density at radius 2 is 1.91 bits per heavy atom. The number of benzene rings is 2. The fourth-order valence-corrected chi connectivity index (χ4v) is 2.60. The van der Waals surface area contributed by atoms with Crippen LogP contribution in [0.1, 0.15) is 5.56 Å². The Balaban J connectivity index is 1.90. The van der Waals surface area contributed by atoms with Crippen molar-refractivity contribution in [1.29, 1.82) is 0 Å². The van der Waals surface area contributed by atoms with Gasteiger partial charge in [-0.25, -0.2) is 5.43 Å². The van der Waals surface area contributed by atoms with E-state index < -0.39 is 0 Å². The third-order valence-corrected chi connectivity index (χ3v) is 3.95. The SMILES string of the molecule is COc1cccc(C=NNC(=O)CSc2ccccc2)c1OC. The van der Waals surface area contributed by atoms with Crippen LogP contribution in [0, 0.1) is 0 Å². The van der Waals surface area contributed by atoms with Gasteiger partial charge < -0.3 is 9.47 Å². The van der Waals surface area contributed by atoms with Gasteiger partial charge in [0.2, 0.25) is 5.91 Å². The lowest BCUT2D eigenvalue weighted by molar-refractivity contribution is -0.118. The van der Waals surface area contributed by atoms with E-state index in [1.165, 1.54) is 18.0 Å². The average molecular weight is 330 g/mol. The Labute approximate surface area is 139 Å². The first-order valence-electron chi connectivity index (χ1n) is 6.95. The predicted molar refractivity (Wildman–Crippen MR) is 92.4 cm³/mol. The maximum Gasteiger partial charge on any atom is 0.250 e. The minimum Gasteiger partial charge on any atom is -0.493 e. The Morgan fingerprint density at radius 1 is 1.13 bits per heavy atom. The highest BCUT2D eigenvalue weighted by Gasteiger charge is 2.07. The van der Waals surface area contributed by atoms with Gasteiger partial charge in [0.25, 0.3) is 0 Å². The number of carbonyl (C=O) groups excluding carboxylic acids is 1. The topological polar surface area (TPSA) is 59.9 Å². The molecule has 120 valence electrons. The summed E-state index contributed by atoms with van der Waals surface area (Å²) < 4.78 is 10.5. The van der Waals surface area contributed by atoms with Crippen LogP contribution < -0.4 is 14.9 Å². The molecule has 0 heterocycles. The number of amides is 1. The zero-order chi connectivity index (χ0) is 16.5. The summed E-state index contributed by atoms with van der Waals surface area (Å²) in [6.45, 7) is 0. The maximum atomic E-state index is 11.8. The maximum absolute atomic E-state index is 11.8. The highest BCUT2D eigenvalue weighted by atomic mass is 32.2. The normalized spacial score (nSPS) is 10.5. The van der Waals surface area contributed by atoms with E-state index in [4.69, 9.17) is 9.47 Å². The Hall–Kier alpha value is -2.47. The standard InChI is InChI=1S/C17H18N2O3S/c1-21-15-10-6-7-13(17(15)22-2)11-18-19-16(20)12-23-14-8-4-3-5-9-14/h3-11H,12H2,1-2H3,(H,19,20). The zero-order valence-corrected chi connectivity index (χ0v) is 13.8. The van der Waals surface area contributed by atoms with Gasteiger partial charge in [0, 0.05) is 10.5 Å². The van der Waals surface area contributed by atoms with Gasteiger partial charge in [0.15, 0.2) is 11.5 Å². The number of nitrogens with one attached hydrogen (secondary N) is 1. The van der Waals surface area contributed by atoms with Gasteiger partial charge in [0.1, 0.15) is 0 Å². The average Bonchev–Trinajstić information content (AvgIpc) is 2.60. The van der Waals surface area contributed by atoms with E-state index in [0.717, 1.165) is 10.5 Å². The Kier molecular flexibility index (Phi) is 6.50. The van der Waals surface area contributed by atoms with Crippen LogP contribution in [0.2, 0.25) is 0 Å². The van der Waals surface area contributed by atoms with Crippen molar-refractivity contribution in [2.24, 2.45) is 5.10 Å². The van der Waals surface area contributed by atoms with E-state index in [1.807, 2.05) is 42.5 Å². The van der Waals surface area contributed by atoms with E-state index in [2.05, 4.69) is 10.5 Å². The number of nitrogens with zero attached hydrogens (tertiary/aromatic N) is 1. The van der Waals surface area contributed by atoms with E-state index in [1.54, 1.807) is 20.3 Å². The van der Waals surface area contributed by atoms with E-state index in [9.17, 15) is 4.79 Å². The van der Waals surface area contributed by atoms with Crippen molar-refractivity contribution in [3.63, 3.8) is 0 Å². The lowest BCUT2D eigenvalue weighted by atomic mass is 10.2. The molecule has 0 aliphatic heterocycles. The highest BCUT2D eigenvalue weighted by molar-refractivity contribution is 8.00. The summed E-state index contributed by atoms with van der Waals surface area (Å²) in [6.07, 6.45) is 1.53. The van der Waals surface area contributed by atoms with Crippen LogP contribution in [0.4, 0.5) is 0 Å². The Morgan fingerprint density at radius 3 is 2.61 bits per heavy atom. The molecule has 0 spiro atoms. The smallest absolute Gasteiger partial charge is 0.250 e. The molecule has 5 nitrogen and oxygen atoms in total. The first kappa shape index (κ1) is 16.9. The molecule has 0 aromatic heterocycles. The number of ether oxygens (including phenoxy) is 2. The van der Waals surface area contributed by atoms with E-state index in [-0.39, 0.29) is 5.91 Å². The molecular weight excluding hydrogens is 312 g/mol. The fraction of sp³-hybridized carbons (Fsp3) is 0.176. The van der Waals surface area contributed by atoms with Gasteiger partial charge in [-0.05, 0) is 24.3 Å². The number of thioether (sulfide) groups is 1. The third kappa shape index (κ3) is 5.03. The molecule has 0 unspecified atom stereocenters. The summed E-state index contributed by atoms with van der Waals surface area (Å²) in [5, 5.41) is 3.96. The molecule has 2 aromatic carbocycles. The van der Waals surface area contributed by atoms with Gasteiger partial charge in [-0.3, -0.25) is 4.79 Å². The Bertz CT molecular complexity index is 675. The summed E-state index contributed by atoms with van der Waals surface area (Å²) >= 11 is 1.46. The van der Waals surface area contributed by atoms with Gasteiger partial charge in [0.05, 0.1) is 26.2 Å². The predicted octanol–water partition coefficient (Wildman–Crippen LogP) is 2.95. The van der Waals surface area contributed by atoms with Crippen LogP contribution in [0.5, 0.6) is 11.5 Å². The number of para-hydroxylation sites is 1. The second-order valence-corrected chi connectivity index (χ2v) is 5.53. The number of methoxy groups -OCH3 is 2. The molecule has 6 heteroatoms. The van der Waals surface area contributed by atoms with Crippen LogP contribution >= 0.6 is 11.8 Å². The highest BCUT2D eigenvalue weighted by Crippen LogP contribution is 2.29. The van der Waals surface area contributed by atoms with Gasteiger partial charge in [-0.2, -0.15) is 5.10 Å². The molecular formula is C17H18N2O3S. The molecule has 0 atom stereocenters. The van der Waals surface area contributed by atoms with Crippen LogP contribution in [-0.2, 0) is 4.79 Å². The molecule has 0 bridgehead atoms. The van der Waals surface area contributed by atoms with Crippen molar-refractivity contribution in [2.75, 3.05) is 20.0 Å². The number of hydrogen-bond acceptors (Lipinski definition) is 5. The van der Waals surface area contributed by atoms with E-state index >= 15 is 0 Å². The largest absolute Gasteiger partial charge is 0.493 e. The van der Waals surface area contributed by atoms with Crippen LogP contribution in [0.15, 0.2) is 58.5 Å². The monoisotopic (exact) mass is 330 g/mol. The summed E-state index contributed by atoms with van der Waals surface area (Å²) in [6, 6.07) is 15.2. The van der Waals surface area contributed by atoms with Crippen molar-refractivity contribution < 1.29 is 14.3 Å². The van der Waals surface area contributed by atoms with Gasteiger partial charge in [-0.1, -0.05) is 24.3 Å². The van der Waals surface area contributed by atoms with Crippen molar-refractivity contribution in [3.05, 3.63) is 54.1 Å². The van der Waals surface area contributed by atoms with Gasteiger partial charge in [-0.15, -0.1) is 11.8 Å². The van der Waals surface area contributed by atoms with Crippen LogP contribution in [-0.4, -0.2) is 32.1 Å². The molecule has 23 heavy (non-hydrogen) atoms. The lowest BCUT2D eigenvalue weighted by Gasteiger charge is -2.09. The number of rotatable bonds is 7. The van der Waals surface area contributed by atoms with Gasteiger partial charge >= 0.3 is 0 Å². The van der Waals surface area contributed by atoms with Crippen LogP contribution in [0.3, 0.4) is 0 Å². The molecule has 0 fully saturated rings. The zero-order valence-electron chi connectivity index (χ0n) is 13.0. The van der Waals surface area contributed by atoms with E-state index in [0.29, 0.717) is 17.3 Å². The number of carbonyl (C=O) groups is 1. The molecule has 0 radical (unpaired) electrons. The molecule has 1 amide bonds. The fourth-order valence-electron chi connectivity index (χ4n) is 1.89. The summed E-state index contributed by atoms with van der Waals surface area (Å²) in [5.74, 6) is 1.32. The molecule has 0 saturated carbocycles. The van der Waals surface area contributed by atoms with Crippen molar-refractivity contribution in [2.45, 2.75) is 4.90 Å². The summed E-state index contributed by atoms with van der Waals surface area (Å²) in [4.78, 5) is 12.8. The van der Waals surface area contributed by atoms with Crippen molar-refractivity contribution in [3.8, 4) is 11.5 Å². The first-order chi connectivity index (χ1) is 11.2.